The third-order valence-corrected chi connectivity index (χ3v) is 6.16. The number of hydrogen-bond donors (Lipinski definition) is 1. The van der Waals surface area contributed by atoms with Crippen LogP contribution in [0, 0.1) is 5.92 Å². The summed E-state index contributed by atoms with van der Waals surface area (Å²) in [5, 5.41) is 0. The number of para-hydroxylation sites is 1. The minimum absolute atomic E-state index is 0.163. The van der Waals surface area contributed by atoms with Gasteiger partial charge in [0, 0.05) is 32.7 Å². The molecule has 0 amide bonds. The van der Waals surface area contributed by atoms with Gasteiger partial charge in [-0.25, -0.2) is 4.72 Å². The van der Waals surface area contributed by atoms with Crippen LogP contribution in [0.1, 0.15) is 18.4 Å². The molecule has 2 heterocycles. The van der Waals surface area contributed by atoms with E-state index < -0.39 is 10.2 Å². The average Bonchev–Trinajstić information content (AvgIpc) is 2.60. The Hall–Kier alpha value is -1.15. The predicted octanol–water partition coefficient (Wildman–Crippen LogP) is 1.18. The fourth-order valence-electron chi connectivity index (χ4n) is 3.14. The molecule has 6 nitrogen and oxygen atoms in total. The Bertz CT molecular complexity index is 627. The zero-order chi connectivity index (χ0) is 16.3. The lowest BCUT2D eigenvalue weighted by Crippen LogP contribution is -2.48. The molecule has 0 bridgehead atoms. The van der Waals surface area contributed by atoms with Gasteiger partial charge < -0.3 is 9.47 Å². The van der Waals surface area contributed by atoms with E-state index in [0.29, 0.717) is 26.2 Å². The average molecular weight is 340 g/mol. The molecule has 2 aliphatic heterocycles. The van der Waals surface area contributed by atoms with Crippen molar-refractivity contribution in [1.29, 1.82) is 0 Å². The summed E-state index contributed by atoms with van der Waals surface area (Å²) in [5.74, 6) is 1.07. The zero-order valence-corrected chi connectivity index (χ0v) is 14.2. The molecule has 3 rings (SSSR count). The summed E-state index contributed by atoms with van der Waals surface area (Å²) < 4.78 is 40.1. The Balaban J connectivity index is 1.52. The van der Waals surface area contributed by atoms with Crippen molar-refractivity contribution in [2.45, 2.75) is 25.4 Å². The van der Waals surface area contributed by atoms with E-state index in [4.69, 9.17) is 9.47 Å². The fourth-order valence-corrected chi connectivity index (χ4v) is 4.46. The van der Waals surface area contributed by atoms with E-state index in [1.165, 1.54) is 4.31 Å². The van der Waals surface area contributed by atoms with Gasteiger partial charge in [0.1, 0.15) is 5.75 Å². The van der Waals surface area contributed by atoms with Gasteiger partial charge in [0.25, 0.3) is 10.2 Å². The third kappa shape index (κ3) is 4.03. The summed E-state index contributed by atoms with van der Waals surface area (Å²) in [5.41, 5.74) is 1.14. The molecule has 7 heteroatoms. The van der Waals surface area contributed by atoms with Crippen molar-refractivity contribution in [3.05, 3.63) is 29.8 Å². The number of methoxy groups -OCH3 is 1. The van der Waals surface area contributed by atoms with Crippen LogP contribution in [0.5, 0.6) is 5.75 Å². The van der Waals surface area contributed by atoms with E-state index in [1.807, 2.05) is 24.3 Å². The van der Waals surface area contributed by atoms with Gasteiger partial charge >= 0.3 is 0 Å². The molecule has 2 aliphatic rings. The highest BCUT2D eigenvalue weighted by Crippen LogP contribution is 2.26. The van der Waals surface area contributed by atoms with Crippen LogP contribution in [0.15, 0.2) is 24.3 Å². The van der Waals surface area contributed by atoms with Crippen LogP contribution in [-0.2, 0) is 21.4 Å². The van der Waals surface area contributed by atoms with Crippen LogP contribution in [0.4, 0.5) is 0 Å². The first-order valence-electron chi connectivity index (χ1n) is 8.06. The lowest BCUT2D eigenvalue weighted by Gasteiger charge is -2.31. The van der Waals surface area contributed by atoms with Gasteiger partial charge in [-0.2, -0.15) is 12.7 Å². The Morgan fingerprint density at radius 3 is 2.78 bits per heavy atom. The molecule has 0 aromatic heterocycles. The molecule has 0 unspecified atom stereocenters. The maximum atomic E-state index is 12.4. The summed E-state index contributed by atoms with van der Waals surface area (Å²) in [6, 6.07) is 7.92. The van der Waals surface area contributed by atoms with Crippen LogP contribution >= 0.6 is 0 Å². The molecule has 1 aromatic carbocycles. The summed E-state index contributed by atoms with van der Waals surface area (Å²) in [6.45, 7) is 1.97. The minimum Gasteiger partial charge on any atom is -0.493 e. The largest absolute Gasteiger partial charge is 0.493 e. The molecule has 128 valence electrons. The van der Waals surface area contributed by atoms with Gasteiger partial charge in [0.2, 0.25) is 0 Å². The number of piperidine rings is 1. The second-order valence-corrected chi connectivity index (χ2v) is 7.93. The van der Waals surface area contributed by atoms with Crippen LogP contribution in [0.25, 0.3) is 0 Å². The van der Waals surface area contributed by atoms with E-state index in [1.54, 1.807) is 7.11 Å². The Morgan fingerprint density at radius 2 is 2.04 bits per heavy atom. The van der Waals surface area contributed by atoms with Crippen molar-refractivity contribution in [3.8, 4) is 5.75 Å². The van der Waals surface area contributed by atoms with E-state index in [-0.39, 0.29) is 12.0 Å². The van der Waals surface area contributed by atoms with Crippen molar-refractivity contribution >= 4 is 10.2 Å². The Labute approximate surface area is 138 Å². The molecule has 0 aliphatic carbocycles. The first kappa shape index (κ1) is 16.7. The van der Waals surface area contributed by atoms with Gasteiger partial charge in [0.15, 0.2) is 0 Å². The number of rotatable bonds is 5. The maximum absolute atomic E-state index is 12.4. The minimum atomic E-state index is -3.42. The van der Waals surface area contributed by atoms with Gasteiger partial charge in [-0.3, -0.25) is 0 Å². The van der Waals surface area contributed by atoms with Crippen molar-refractivity contribution in [2.24, 2.45) is 5.92 Å². The van der Waals surface area contributed by atoms with E-state index in [9.17, 15) is 8.42 Å². The predicted molar refractivity (Wildman–Crippen MR) is 87.7 cm³/mol. The molecule has 1 aromatic rings. The summed E-state index contributed by atoms with van der Waals surface area (Å²) in [7, 11) is -1.74. The number of hydrogen-bond acceptors (Lipinski definition) is 4. The van der Waals surface area contributed by atoms with Crippen LogP contribution in [0.2, 0.25) is 0 Å². The number of benzene rings is 1. The molecule has 1 N–H and O–H groups in total. The van der Waals surface area contributed by atoms with Crippen LogP contribution < -0.4 is 9.46 Å². The number of fused-ring (bicyclic) bond motifs is 1. The van der Waals surface area contributed by atoms with Gasteiger partial charge in [0.05, 0.1) is 12.7 Å². The monoisotopic (exact) mass is 340 g/mol. The molecule has 0 spiro atoms. The molecule has 1 saturated heterocycles. The highest BCUT2D eigenvalue weighted by molar-refractivity contribution is 7.87. The first-order chi connectivity index (χ1) is 11.1. The van der Waals surface area contributed by atoms with Crippen molar-refractivity contribution in [2.75, 3.05) is 33.4 Å². The number of nitrogens with one attached hydrogen (secondary N) is 1. The van der Waals surface area contributed by atoms with Crippen LogP contribution in [0.3, 0.4) is 0 Å². The van der Waals surface area contributed by atoms with Crippen molar-refractivity contribution in [1.82, 2.24) is 9.03 Å². The molecular weight excluding hydrogens is 316 g/mol. The SMILES string of the molecule is COC1CCN(S(=O)(=O)NC[C@@H]2COc3ccccc3C2)CC1. The maximum Gasteiger partial charge on any atom is 0.279 e. The smallest absolute Gasteiger partial charge is 0.279 e. The molecule has 0 radical (unpaired) electrons. The molecule has 1 atom stereocenters. The topological polar surface area (TPSA) is 67.9 Å². The normalized spacial score (nSPS) is 23.3. The van der Waals surface area contributed by atoms with E-state index >= 15 is 0 Å². The number of nitrogens with zero attached hydrogens (tertiary/aromatic N) is 1. The lowest BCUT2D eigenvalue weighted by atomic mass is 9.97. The zero-order valence-electron chi connectivity index (χ0n) is 13.4. The lowest BCUT2D eigenvalue weighted by molar-refractivity contribution is 0.0601. The molecule has 1 fully saturated rings. The molecule has 23 heavy (non-hydrogen) atoms. The molecular formula is C16H24N2O4S. The summed E-state index contributed by atoms with van der Waals surface area (Å²) in [4.78, 5) is 0. The summed E-state index contributed by atoms with van der Waals surface area (Å²) in [6.07, 6.45) is 2.50. The number of ether oxygens (including phenoxy) is 2. The van der Waals surface area contributed by atoms with Gasteiger partial charge in [-0.05, 0) is 30.9 Å². The van der Waals surface area contributed by atoms with Crippen LogP contribution in [-0.4, -0.2) is 52.2 Å². The van der Waals surface area contributed by atoms with E-state index in [0.717, 1.165) is 30.6 Å². The highest BCUT2D eigenvalue weighted by Gasteiger charge is 2.29. The van der Waals surface area contributed by atoms with Gasteiger partial charge in [-0.15, -0.1) is 0 Å². The fraction of sp³-hybridized carbons (Fsp3) is 0.625. The van der Waals surface area contributed by atoms with E-state index in [2.05, 4.69) is 4.72 Å². The second-order valence-electron chi connectivity index (χ2n) is 6.18. The quantitative estimate of drug-likeness (QED) is 0.874. The second kappa shape index (κ2) is 7.17. The third-order valence-electron chi connectivity index (χ3n) is 4.58. The van der Waals surface area contributed by atoms with Crippen molar-refractivity contribution < 1.29 is 17.9 Å². The Morgan fingerprint density at radius 1 is 1.30 bits per heavy atom. The van der Waals surface area contributed by atoms with Crippen molar-refractivity contribution in [3.63, 3.8) is 0 Å². The first-order valence-corrected chi connectivity index (χ1v) is 9.50. The Kier molecular flexibility index (Phi) is 5.21. The summed E-state index contributed by atoms with van der Waals surface area (Å²) >= 11 is 0. The standard InChI is InChI=1S/C16H24N2O4S/c1-21-15-6-8-18(9-7-15)23(19,20)17-11-13-10-14-4-2-3-5-16(14)22-12-13/h2-5,13,15,17H,6-12H2,1H3/t13-/m1/s1. The molecule has 0 saturated carbocycles. The van der Waals surface area contributed by atoms with Gasteiger partial charge in [-0.1, -0.05) is 18.2 Å². The highest BCUT2D eigenvalue weighted by atomic mass is 32.2.